The molecule has 3 aromatic rings. The maximum absolute atomic E-state index is 13.0. The van der Waals surface area contributed by atoms with Gasteiger partial charge in [-0.15, -0.1) is 11.3 Å². The molecule has 0 saturated heterocycles. The number of hydrogen-bond donors (Lipinski definition) is 1. The highest BCUT2D eigenvalue weighted by atomic mass is 35.5. The second-order valence-electron chi connectivity index (χ2n) is 6.89. The van der Waals surface area contributed by atoms with E-state index in [9.17, 15) is 19.7 Å². The van der Waals surface area contributed by atoms with Crippen LogP contribution in [-0.4, -0.2) is 26.1 Å². The summed E-state index contributed by atoms with van der Waals surface area (Å²) in [5, 5.41) is 14.7. The number of fused-ring (bicyclic) bond motifs is 1. The van der Waals surface area contributed by atoms with Gasteiger partial charge in [0, 0.05) is 22.7 Å². The molecule has 158 valence electrons. The van der Waals surface area contributed by atoms with Crippen molar-refractivity contribution in [1.82, 2.24) is 9.55 Å². The molecule has 0 aliphatic carbocycles. The Morgan fingerprint density at radius 2 is 2.10 bits per heavy atom. The third kappa shape index (κ3) is 4.35. The number of benzene rings is 1. The minimum atomic E-state index is -0.613. The molecule has 0 aliphatic rings. The number of nitro groups is 1. The molecule has 2 aromatic heterocycles. The van der Waals surface area contributed by atoms with Crippen LogP contribution in [0.3, 0.4) is 0 Å². The highest BCUT2D eigenvalue weighted by molar-refractivity contribution is 7.99. The summed E-state index contributed by atoms with van der Waals surface area (Å²) >= 11 is 8.40. The Morgan fingerprint density at radius 1 is 1.40 bits per heavy atom. The Morgan fingerprint density at radius 3 is 2.73 bits per heavy atom. The Bertz CT molecular complexity index is 1220. The molecule has 2 heterocycles. The summed E-state index contributed by atoms with van der Waals surface area (Å²) in [6.07, 6.45) is 0. The van der Waals surface area contributed by atoms with Gasteiger partial charge in [-0.1, -0.05) is 23.4 Å². The van der Waals surface area contributed by atoms with Crippen molar-refractivity contribution in [1.29, 1.82) is 0 Å². The van der Waals surface area contributed by atoms with Crippen LogP contribution in [0.4, 0.5) is 11.4 Å². The Balaban J connectivity index is 1.84. The van der Waals surface area contributed by atoms with E-state index in [1.54, 1.807) is 4.57 Å². The van der Waals surface area contributed by atoms with Crippen LogP contribution < -0.4 is 10.9 Å². The minimum Gasteiger partial charge on any atom is -0.325 e. The number of aryl methyl sites for hydroxylation is 2. The van der Waals surface area contributed by atoms with Gasteiger partial charge in [-0.25, -0.2) is 4.98 Å². The van der Waals surface area contributed by atoms with Crippen molar-refractivity contribution in [3.63, 3.8) is 0 Å². The third-order valence-electron chi connectivity index (χ3n) is 4.48. The maximum atomic E-state index is 13.0. The molecule has 0 unspecified atom stereocenters. The standard InChI is InChI=1S/C19H19ClN4O4S2/c1-9(2)23-18(26)16-10(3)11(4)30-17(16)22-19(23)29-8-15(25)21-12-5-6-13(20)14(7-12)24(27)28/h5-7,9H,8H2,1-4H3,(H,21,25). The largest absolute Gasteiger partial charge is 0.325 e. The number of anilines is 1. The van der Waals surface area contributed by atoms with Crippen molar-refractivity contribution in [2.24, 2.45) is 0 Å². The molecule has 3 rings (SSSR count). The van der Waals surface area contributed by atoms with Gasteiger partial charge in [0.2, 0.25) is 5.91 Å². The van der Waals surface area contributed by atoms with Gasteiger partial charge in [-0.2, -0.15) is 0 Å². The first-order valence-electron chi connectivity index (χ1n) is 8.99. The summed E-state index contributed by atoms with van der Waals surface area (Å²) in [6.45, 7) is 7.64. The number of carbonyl (C=O) groups excluding carboxylic acids is 1. The van der Waals surface area contributed by atoms with Crippen LogP contribution in [0.5, 0.6) is 0 Å². The Kier molecular flexibility index (Phi) is 6.49. The molecule has 0 atom stereocenters. The number of nitrogens with one attached hydrogen (secondary N) is 1. The lowest BCUT2D eigenvalue weighted by Crippen LogP contribution is -2.25. The smallest absolute Gasteiger partial charge is 0.289 e. The van der Waals surface area contributed by atoms with E-state index in [1.807, 2.05) is 27.7 Å². The minimum absolute atomic E-state index is 0.00707. The van der Waals surface area contributed by atoms with E-state index in [1.165, 1.54) is 29.5 Å². The first kappa shape index (κ1) is 22.3. The number of carbonyl (C=O) groups is 1. The monoisotopic (exact) mass is 466 g/mol. The lowest BCUT2D eigenvalue weighted by Gasteiger charge is -2.15. The third-order valence-corrected chi connectivity index (χ3v) is 6.85. The van der Waals surface area contributed by atoms with Gasteiger partial charge in [0.1, 0.15) is 9.85 Å². The van der Waals surface area contributed by atoms with E-state index < -0.39 is 4.92 Å². The molecule has 0 radical (unpaired) electrons. The highest BCUT2D eigenvalue weighted by Gasteiger charge is 2.19. The van der Waals surface area contributed by atoms with Gasteiger partial charge in [0.05, 0.1) is 16.1 Å². The van der Waals surface area contributed by atoms with Crippen molar-refractivity contribution < 1.29 is 9.72 Å². The number of hydrogen-bond acceptors (Lipinski definition) is 7. The normalized spacial score (nSPS) is 11.3. The molecule has 8 nitrogen and oxygen atoms in total. The SMILES string of the molecule is Cc1sc2nc(SCC(=O)Nc3ccc(Cl)c([N+](=O)[O-])c3)n(C(C)C)c(=O)c2c1C. The molecular formula is C19H19ClN4O4S2. The fourth-order valence-electron chi connectivity index (χ4n) is 2.90. The number of nitro benzene ring substituents is 1. The number of thioether (sulfide) groups is 1. The lowest BCUT2D eigenvalue weighted by atomic mass is 10.2. The molecule has 1 N–H and O–H groups in total. The quantitative estimate of drug-likeness (QED) is 0.238. The van der Waals surface area contributed by atoms with Gasteiger partial charge < -0.3 is 5.32 Å². The zero-order valence-electron chi connectivity index (χ0n) is 16.7. The van der Waals surface area contributed by atoms with Crippen molar-refractivity contribution >= 4 is 62.2 Å². The number of rotatable bonds is 6. The maximum Gasteiger partial charge on any atom is 0.289 e. The predicted octanol–water partition coefficient (Wildman–Crippen LogP) is 4.95. The zero-order chi connectivity index (χ0) is 22.2. The van der Waals surface area contributed by atoms with Gasteiger partial charge in [0.15, 0.2) is 5.16 Å². The Labute approximate surface area is 185 Å². The Hall–Kier alpha value is -2.43. The molecular weight excluding hydrogens is 448 g/mol. The fraction of sp³-hybridized carbons (Fsp3) is 0.316. The number of amides is 1. The van der Waals surface area contributed by atoms with Crippen LogP contribution in [0, 0.1) is 24.0 Å². The van der Waals surface area contributed by atoms with Crippen LogP contribution in [0.1, 0.15) is 30.3 Å². The van der Waals surface area contributed by atoms with Crippen molar-refractivity contribution in [3.8, 4) is 0 Å². The van der Waals surface area contributed by atoms with E-state index in [0.29, 0.717) is 15.4 Å². The first-order valence-corrected chi connectivity index (χ1v) is 11.2. The summed E-state index contributed by atoms with van der Waals surface area (Å²) in [7, 11) is 0. The topological polar surface area (TPSA) is 107 Å². The number of thiophene rings is 1. The molecule has 0 fully saturated rings. The van der Waals surface area contributed by atoms with Crippen LogP contribution >= 0.6 is 34.7 Å². The second kappa shape index (κ2) is 8.75. The fourth-order valence-corrected chi connectivity index (χ4v) is 5.09. The van der Waals surface area contributed by atoms with E-state index in [2.05, 4.69) is 10.3 Å². The predicted molar refractivity (Wildman–Crippen MR) is 121 cm³/mol. The van der Waals surface area contributed by atoms with Crippen LogP contribution in [0.15, 0.2) is 28.2 Å². The van der Waals surface area contributed by atoms with Gasteiger partial charge in [0.25, 0.3) is 11.2 Å². The zero-order valence-corrected chi connectivity index (χ0v) is 19.1. The van der Waals surface area contributed by atoms with E-state index in [0.717, 1.165) is 22.2 Å². The second-order valence-corrected chi connectivity index (χ2v) is 9.44. The van der Waals surface area contributed by atoms with E-state index in [4.69, 9.17) is 11.6 Å². The van der Waals surface area contributed by atoms with Gasteiger partial charge >= 0.3 is 0 Å². The molecule has 0 spiro atoms. The highest BCUT2D eigenvalue weighted by Crippen LogP contribution is 2.30. The van der Waals surface area contributed by atoms with Crippen molar-refractivity contribution in [2.75, 3.05) is 11.1 Å². The summed E-state index contributed by atoms with van der Waals surface area (Å²) < 4.78 is 1.59. The van der Waals surface area contributed by atoms with Crippen LogP contribution in [0.25, 0.3) is 10.2 Å². The average molecular weight is 467 g/mol. The molecule has 0 aliphatic heterocycles. The summed E-state index contributed by atoms with van der Waals surface area (Å²) in [4.78, 5) is 42.1. The van der Waals surface area contributed by atoms with Crippen molar-refractivity contribution in [3.05, 3.63) is 54.1 Å². The van der Waals surface area contributed by atoms with Crippen LogP contribution in [0.2, 0.25) is 5.02 Å². The lowest BCUT2D eigenvalue weighted by molar-refractivity contribution is -0.384. The summed E-state index contributed by atoms with van der Waals surface area (Å²) in [6, 6.07) is 3.92. The van der Waals surface area contributed by atoms with E-state index in [-0.39, 0.29) is 39.7 Å². The van der Waals surface area contributed by atoms with Crippen molar-refractivity contribution in [2.45, 2.75) is 38.9 Å². The molecule has 1 aromatic carbocycles. The van der Waals surface area contributed by atoms with Crippen LogP contribution in [-0.2, 0) is 4.79 Å². The van der Waals surface area contributed by atoms with E-state index >= 15 is 0 Å². The first-order chi connectivity index (χ1) is 14.1. The van der Waals surface area contributed by atoms with Gasteiger partial charge in [-0.3, -0.25) is 24.3 Å². The molecule has 0 saturated carbocycles. The van der Waals surface area contributed by atoms with Gasteiger partial charge in [-0.05, 0) is 45.4 Å². The number of nitrogens with zero attached hydrogens (tertiary/aromatic N) is 3. The average Bonchev–Trinajstić information content (AvgIpc) is 2.95. The molecule has 30 heavy (non-hydrogen) atoms. The molecule has 1 amide bonds. The summed E-state index contributed by atoms with van der Waals surface area (Å²) in [5.41, 5.74) is 0.797. The number of halogens is 1. The molecule has 0 bridgehead atoms. The molecule has 11 heteroatoms. The summed E-state index contributed by atoms with van der Waals surface area (Å²) in [5.74, 6) is -0.385. The number of aromatic nitrogens is 2.